The molecule has 0 radical (unpaired) electrons. The summed E-state index contributed by atoms with van der Waals surface area (Å²) in [6.07, 6.45) is 3.15. The molecule has 1 aliphatic rings. The number of hydrogen-bond acceptors (Lipinski definition) is 4. The summed E-state index contributed by atoms with van der Waals surface area (Å²) >= 11 is 2.36. The quantitative estimate of drug-likeness (QED) is 0.765. The van der Waals surface area contributed by atoms with Crippen LogP contribution in [0.15, 0.2) is 0 Å². The van der Waals surface area contributed by atoms with Crippen molar-refractivity contribution in [3.05, 3.63) is 15.1 Å². The lowest BCUT2D eigenvalue weighted by molar-refractivity contribution is 0.00909. The first-order valence-electron chi connectivity index (χ1n) is 7.74. The third-order valence-corrected chi connectivity index (χ3v) is 4.82. The number of halogens is 1. The molecule has 118 valence electrons. The summed E-state index contributed by atoms with van der Waals surface area (Å²) in [5.74, 6) is 1.77. The van der Waals surface area contributed by atoms with Crippen molar-refractivity contribution < 1.29 is 4.74 Å². The zero-order valence-electron chi connectivity index (χ0n) is 13.7. The molecule has 2 rings (SSSR count). The lowest BCUT2D eigenvalue weighted by Crippen LogP contribution is -2.28. The Morgan fingerprint density at radius 2 is 2.05 bits per heavy atom. The molecule has 0 aromatic carbocycles. The van der Waals surface area contributed by atoms with Crippen LogP contribution in [0, 0.1) is 3.57 Å². The summed E-state index contributed by atoms with van der Waals surface area (Å²) < 4.78 is 7.06. The number of ether oxygens (including phenoxy) is 1. The van der Waals surface area contributed by atoms with Crippen LogP contribution in [-0.2, 0) is 15.8 Å². The first-order valence-corrected chi connectivity index (χ1v) is 8.82. The van der Waals surface area contributed by atoms with Crippen molar-refractivity contribution in [2.75, 3.05) is 18.5 Å². The Labute approximate surface area is 141 Å². The third kappa shape index (κ3) is 3.67. The maximum Gasteiger partial charge on any atom is 0.162 e. The Balaban J connectivity index is 2.50. The molecule has 5 heteroatoms. The molecule has 0 bridgehead atoms. The zero-order valence-corrected chi connectivity index (χ0v) is 15.9. The molecular formula is C16H26IN3O. The topological polar surface area (TPSA) is 47.0 Å². The Morgan fingerprint density at radius 3 is 2.57 bits per heavy atom. The van der Waals surface area contributed by atoms with Crippen LogP contribution in [-0.4, -0.2) is 23.1 Å². The van der Waals surface area contributed by atoms with Crippen molar-refractivity contribution in [3.63, 3.8) is 0 Å². The van der Waals surface area contributed by atoms with E-state index in [1.165, 1.54) is 0 Å². The molecule has 1 N–H and O–H groups in total. The summed E-state index contributed by atoms with van der Waals surface area (Å²) in [5, 5.41) is 3.44. The molecule has 0 saturated carbocycles. The van der Waals surface area contributed by atoms with Crippen molar-refractivity contribution in [2.45, 2.75) is 64.9 Å². The monoisotopic (exact) mass is 403 g/mol. The number of hydrogen-bond donors (Lipinski definition) is 1. The van der Waals surface area contributed by atoms with Gasteiger partial charge < -0.3 is 10.1 Å². The number of nitrogens with zero attached hydrogens (tertiary/aromatic N) is 2. The van der Waals surface area contributed by atoms with E-state index in [1.54, 1.807) is 0 Å². The van der Waals surface area contributed by atoms with E-state index in [2.05, 4.69) is 62.5 Å². The smallest absolute Gasteiger partial charge is 0.162 e. The molecule has 4 nitrogen and oxygen atoms in total. The standard InChI is InChI=1S/C16H26IN3O/c1-6-9-18-13-11(17)12(15(2,3)4)19-14(20-13)16(5)8-7-10-21-16/h6-10H2,1-5H3,(H,18,19,20). The fourth-order valence-electron chi connectivity index (χ4n) is 2.50. The van der Waals surface area contributed by atoms with E-state index in [1.807, 2.05) is 0 Å². The lowest BCUT2D eigenvalue weighted by atomic mass is 9.91. The number of aromatic nitrogens is 2. The fourth-order valence-corrected chi connectivity index (χ4v) is 3.74. The SMILES string of the molecule is CCCNc1nc(C2(C)CCCO2)nc(C(C)(C)C)c1I. The second kappa shape index (κ2) is 6.36. The average molecular weight is 403 g/mol. The van der Waals surface area contributed by atoms with Crippen molar-refractivity contribution in [1.29, 1.82) is 0 Å². The van der Waals surface area contributed by atoms with E-state index in [0.29, 0.717) is 0 Å². The molecule has 1 unspecified atom stereocenters. The summed E-state index contributed by atoms with van der Waals surface area (Å²) in [6.45, 7) is 12.6. The van der Waals surface area contributed by atoms with Crippen LogP contribution in [0.4, 0.5) is 5.82 Å². The van der Waals surface area contributed by atoms with Gasteiger partial charge in [0.2, 0.25) is 0 Å². The van der Waals surface area contributed by atoms with Crippen molar-refractivity contribution >= 4 is 28.4 Å². The van der Waals surface area contributed by atoms with E-state index >= 15 is 0 Å². The van der Waals surface area contributed by atoms with Gasteiger partial charge in [-0.3, -0.25) is 0 Å². The van der Waals surface area contributed by atoms with Crippen LogP contribution in [0.3, 0.4) is 0 Å². The molecule has 1 aromatic heterocycles. The number of anilines is 1. The van der Waals surface area contributed by atoms with Gasteiger partial charge in [0.15, 0.2) is 5.82 Å². The summed E-state index contributed by atoms with van der Waals surface area (Å²) in [7, 11) is 0. The highest BCUT2D eigenvalue weighted by Crippen LogP contribution is 2.37. The molecular weight excluding hydrogens is 377 g/mol. The minimum absolute atomic E-state index is 0.00811. The predicted molar refractivity (Wildman–Crippen MR) is 94.8 cm³/mol. The Morgan fingerprint density at radius 1 is 1.33 bits per heavy atom. The molecule has 1 aromatic rings. The minimum Gasteiger partial charge on any atom is -0.369 e. The summed E-state index contributed by atoms with van der Waals surface area (Å²) in [6, 6.07) is 0. The van der Waals surface area contributed by atoms with Crippen LogP contribution >= 0.6 is 22.6 Å². The van der Waals surface area contributed by atoms with E-state index < -0.39 is 0 Å². The van der Waals surface area contributed by atoms with E-state index in [0.717, 1.165) is 53.3 Å². The predicted octanol–water partition coefficient (Wildman–Crippen LogP) is 4.23. The van der Waals surface area contributed by atoms with E-state index in [-0.39, 0.29) is 11.0 Å². The summed E-state index contributed by atoms with van der Waals surface area (Å²) in [4.78, 5) is 9.67. The van der Waals surface area contributed by atoms with Gasteiger partial charge >= 0.3 is 0 Å². The minimum atomic E-state index is -0.340. The van der Waals surface area contributed by atoms with Gasteiger partial charge in [-0.2, -0.15) is 0 Å². The summed E-state index contributed by atoms with van der Waals surface area (Å²) in [5.41, 5.74) is 0.752. The highest BCUT2D eigenvalue weighted by molar-refractivity contribution is 14.1. The second-order valence-electron chi connectivity index (χ2n) is 6.92. The van der Waals surface area contributed by atoms with Crippen molar-refractivity contribution in [1.82, 2.24) is 9.97 Å². The van der Waals surface area contributed by atoms with Gasteiger partial charge in [0.25, 0.3) is 0 Å². The van der Waals surface area contributed by atoms with Gasteiger partial charge in [-0.25, -0.2) is 9.97 Å². The molecule has 0 amide bonds. The van der Waals surface area contributed by atoms with Gasteiger partial charge in [-0.1, -0.05) is 27.7 Å². The van der Waals surface area contributed by atoms with E-state index in [4.69, 9.17) is 14.7 Å². The zero-order chi connectivity index (χ0) is 15.7. The molecule has 1 atom stereocenters. The van der Waals surface area contributed by atoms with Crippen LogP contribution in [0.1, 0.15) is 65.4 Å². The van der Waals surface area contributed by atoms with E-state index in [9.17, 15) is 0 Å². The Kier molecular flexibility index (Phi) is 5.13. The third-order valence-electron chi connectivity index (χ3n) is 3.80. The van der Waals surface area contributed by atoms with Gasteiger partial charge in [-0.05, 0) is 48.8 Å². The second-order valence-corrected chi connectivity index (χ2v) is 8.00. The van der Waals surface area contributed by atoms with Crippen molar-refractivity contribution in [2.24, 2.45) is 0 Å². The molecule has 0 aliphatic carbocycles. The molecule has 21 heavy (non-hydrogen) atoms. The average Bonchev–Trinajstić information content (AvgIpc) is 2.84. The molecule has 1 aliphatic heterocycles. The van der Waals surface area contributed by atoms with Gasteiger partial charge in [0.1, 0.15) is 11.4 Å². The Bertz CT molecular complexity index is 505. The first-order chi connectivity index (χ1) is 9.78. The van der Waals surface area contributed by atoms with Gasteiger partial charge in [0.05, 0.1) is 9.26 Å². The van der Waals surface area contributed by atoms with Crippen LogP contribution in [0.5, 0.6) is 0 Å². The van der Waals surface area contributed by atoms with Crippen LogP contribution < -0.4 is 5.32 Å². The maximum atomic E-state index is 5.94. The van der Waals surface area contributed by atoms with Crippen molar-refractivity contribution in [3.8, 4) is 0 Å². The number of rotatable bonds is 4. The van der Waals surface area contributed by atoms with Crippen LogP contribution in [0.25, 0.3) is 0 Å². The maximum absolute atomic E-state index is 5.94. The lowest BCUT2D eigenvalue weighted by Gasteiger charge is -2.27. The largest absolute Gasteiger partial charge is 0.369 e. The van der Waals surface area contributed by atoms with Gasteiger partial charge in [-0.15, -0.1) is 0 Å². The Hall–Kier alpha value is -0.430. The highest BCUT2D eigenvalue weighted by atomic mass is 127. The normalized spacial score (nSPS) is 22.6. The fraction of sp³-hybridized carbons (Fsp3) is 0.750. The van der Waals surface area contributed by atoms with Gasteiger partial charge in [0, 0.05) is 18.6 Å². The molecule has 0 spiro atoms. The molecule has 1 fully saturated rings. The molecule has 2 heterocycles. The molecule has 1 saturated heterocycles. The first kappa shape index (κ1) is 16.9. The number of nitrogens with one attached hydrogen (secondary N) is 1. The highest BCUT2D eigenvalue weighted by Gasteiger charge is 2.37. The van der Waals surface area contributed by atoms with Crippen LogP contribution in [0.2, 0.25) is 0 Å².